The minimum absolute atomic E-state index is 0.0182. The second-order valence-corrected chi connectivity index (χ2v) is 7.16. The molecule has 2 aliphatic heterocycles. The third-order valence-electron chi connectivity index (χ3n) is 3.73. The van der Waals surface area contributed by atoms with Gasteiger partial charge in [-0.3, -0.25) is 4.79 Å². The zero-order valence-electron chi connectivity index (χ0n) is 11.0. The largest absolute Gasteiger partial charge is 0.341 e. The summed E-state index contributed by atoms with van der Waals surface area (Å²) in [6, 6.07) is -0.431. The lowest BCUT2D eigenvalue weighted by Crippen LogP contribution is -2.47. The molecule has 1 unspecified atom stereocenters. The van der Waals surface area contributed by atoms with Gasteiger partial charge in [0.15, 0.2) is 0 Å². The summed E-state index contributed by atoms with van der Waals surface area (Å²) in [5, 5.41) is 0. The summed E-state index contributed by atoms with van der Waals surface area (Å²) >= 11 is 0. The molecule has 0 spiro atoms. The van der Waals surface area contributed by atoms with Crippen LogP contribution in [0, 0.1) is 0 Å². The average Bonchev–Trinajstić information content (AvgIpc) is 3.00. The number of rotatable bonds is 4. The fourth-order valence-corrected chi connectivity index (χ4v) is 4.58. The van der Waals surface area contributed by atoms with Crippen LogP contribution in [0.1, 0.15) is 39.0 Å². The first-order valence-electron chi connectivity index (χ1n) is 6.84. The minimum atomic E-state index is -3.25. The third kappa shape index (κ3) is 2.69. The maximum Gasteiger partial charge on any atom is 0.241 e. The summed E-state index contributed by atoms with van der Waals surface area (Å²) < 4.78 is 25.7. The molecule has 1 amide bonds. The summed E-state index contributed by atoms with van der Waals surface area (Å²) in [7, 11) is -3.25. The van der Waals surface area contributed by atoms with E-state index in [2.05, 4.69) is 0 Å². The first kappa shape index (κ1) is 13.8. The van der Waals surface area contributed by atoms with Crippen molar-refractivity contribution in [2.24, 2.45) is 0 Å². The van der Waals surface area contributed by atoms with Gasteiger partial charge in [-0.05, 0) is 32.1 Å². The Balaban J connectivity index is 2.09. The molecular formula is C12H22N2O3S. The lowest BCUT2D eigenvalue weighted by molar-refractivity contribution is -0.133. The number of likely N-dealkylation sites (tertiary alicyclic amines) is 1. The zero-order valence-corrected chi connectivity index (χ0v) is 11.8. The number of hydrogen-bond acceptors (Lipinski definition) is 3. The van der Waals surface area contributed by atoms with Gasteiger partial charge in [0.2, 0.25) is 15.9 Å². The molecule has 0 bridgehead atoms. The average molecular weight is 274 g/mol. The summed E-state index contributed by atoms with van der Waals surface area (Å²) in [4.78, 5) is 14.2. The number of amides is 1. The van der Waals surface area contributed by atoms with Crippen molar-refractivity contribution in [2.75, 3.05) is 25.4 Å². The normalized spacial score (nSPS) is 25.8. The quantitative estimate of drug-likeness (QED) is 0.762. The van der Waals surface area contributed by atoms with Gasteiger partial charge >= 0.3 is 0 Å². The van der Waals surface area contributed by atoms with E-state index in [0.29, 0.717) is 19.4 Å². The lowest BCUT2D eigenvalue weighted by atomic mass is 10.2. The standard InChI is InChI=1S/C12H22N2O3S/c1-2-10-18(16,17)14-9-5-6-11(14)12(15)13-7-3-4-8-13/h11H,2-10H2,1H3. The highest BCUT2D eigenvalue weighted by molar-refractivity contribution is 7.89. The van der Waals surface area contributed by atoms with E-state index in [1.807, 2.05) is 11.8 Å². The molecule has 104 valence electrons. The Morgan fingerprint density at radius 2 is 1.83 bits per heavy atom. The molecule has 2 rings (SSSR count). The fourth-order valence-electron chi connectivity index (χ4n) is 2.84. The second-order valence-electron chi connectivity index (χ2n) is 5.12. The van der Waals surface area contributed by atoms with Crippen LogP contribution >= 0.6 is 0 Å². The molecule has 0 N–H and O–H groups in total. The molecular weight excluding hydrogens is 252 g/mol. The highest BCUT2D eigenvalue weighted by Crippen LogP contribution is 2.24. The molecule has 2 fully saturated rings. The Morgan fingerprint density at radius 1 is 1.17 bits per heavy atom. The fraction of sp³-hybridized carbons (Fsp3) is 0.917. The van der Waals surface area contributed by atoms with Gasteiger partial charge in [0.25, 0.3) is 0 Å². The van der Waals surface area contributed by atoms with E-state index in [1.54, 1.807) is 0 Å². The van der Waals surface area contributed by atoms with Crippen molar-refractivity contribution in [3.05, 3.63) is 0 Å². The van der Waals surface area contributed by atoms with E-state index in [0.717, 1.165) is 32.4 Å². The molecule has 0 radical (unpaired) electrons. The Kier molecular flexibility index (Phi) is 4.27. The number of sulfonamides is 1. The van der Waals surface area contributed by atoms with Gasteiger partial charge in [0.05, 0.1) is 5.75 Å². The van der Waals surface area contributed by atoms with E-state index in [4.69, 9.17) is 0 Å². The molecule has 6 heteroatoms. The van der Waals surface area contributed by atoms with Crippen molar-refractivity contribution in [1.82, 2.24) is 9.21 Å². The first-order valence-corrected chi connectivity index (χ1v) is 8.45. The van der Waals surface area contributed by atoms with Crippen LogP contribution < -0.4 is 0 Å². The topological polar surface area (TPSA) is 57.7 Å². The Bertz CT molecular complexity index is 402. The maximum atomic E-state index is 12.3. The molecule has 0 saturated carbocycles. The van der Waals surface area contributed by atoms with E-state index in [9.17, 15) is 13.2 Å². The van der Waals surface area contributed by atoms with Gasteiger partial charge in [0, 0.05) is 19.6 Å². The Morgan fingerprint density at radius 3 is 2.44 bits per heavy atom. The monoisotopic (exact) mass is 274 g/mol. The van der Waals surface area contributed by atoms with E-state index in [-0.39, 0.29) is 11.7 Å². The Labute approximate surface area is 109 Å². The second kappa shape index (κ2) is 5.57. The Hall–Kier alpha value is -0.620. The van der Waals surface area contributed by atoms with Crippen LogP contribution in [-0.2, 0) is 14.8 Å². The lowest BCUT2D eigenvalue weighted by Gasteiger charge is -2.27. The van der Waals surface area contributed by atoms with Gasteiger partial charge in [-0.15, -0.1) is 0 Å². The maximum absolute atomic E-state index is 12.3. The molecule has 0 aromatic rings. The van der Waals surface area contributed by atoms with Crippen LogP contribution in [0.2, 0.25) is 0 Å². The first-order chi connectivity index (χ1) is 8.56. The van der Waals surface area contributed by atoms with Crippen molar-refractivity contribution >= 4 is 15.9 Å². The van der Waals surface area contributed by atoms with Gasteiger partial charge in [-0.25, -0.2) is 8.42 Å². The van der Waals surface area contributed by atoms with Crippen LogP contribution in [0.5, 0.6) is 0 Å². The van der Waals surface area contributed by atoms with Crippen LogP contribution in [0.25, 0.3) is 0 Å². The number of carbonyl (C=O) groups is 1. The molecule has 2 saturated heterocycles. The summed E-state index contributed by atoms with van der Waals surface area (Å²) in [5.41, 5.74) is 0. The van der Waals surface area contributed by atoms with E-state index in [1.165, 1.54) is 4.31 Å². The highest BCUT2D eigenvalue weighted by atomic mass is 32.2. The molecule has 2 aliphatic rings. The van der Waals surface area contributed by atoms with Crippen molar-refractivity contribution in [2.45, 2.75) is 45.1 Å². The number of hydrogen-bond donors (Lipinski definition) is 0. The number of nitrogens with zero attached hydrogens (tertiary/aromatic N) is 2. The van der Waals surface area contributed by atoms with E-state index >= 15 is 0 Å². The molecule has 1 atom stereocenters. The summed E-state index contributed by atoms with van der Waals surface area (Å²) in [6.07, 6.45) is 4.16. The van der Waals surface area contributed by atoms with Crippen molar-refractivity contribution in [3.63, 3.8) is 0 Å². The van der Waals surface area contributed by atoms with Gasteiger partial charge in [0.1, 0.15) is 6.04 Å². The summed E-state index contributed by atoms with van der Waals surface area (Å²) in [5.74, 6) is 0.168. The summed E-state index contributed by atoms with van der Waals surface area (Å²) in [6.45, 7) is 3.94. The van der Waals surface area contributed by atoms with Crippen molar-refractivity contribution < 1.29 is 13.2 Å². The predicted molar refractivity (Wildman–Crippen MR) is 69.6 cm³/mol. The van der Waals surface area contributed by atoms with E-state index < -0.39 is 16.1 Å². The highest BCUT2D eigenvalue weighted by Gasteiger charge is 2.40. The molecule has 0 aliphatic carbocycles. The smallest absolute Gasteiger partial charge is 0.241 e. The van der Waals surface area contributed by atoms with Crippen LogP contribution in [-0.4, -0.2) is 55.0 Å². The van der Waals surface area contributed by atoms with Gasteiger partial charge < -0.3 is 4.90 Å². The predicted octanol–water partition coefficient (Wildman–Crippen LogP) is 0.813. The molecule has 5 nitrogen and oxygen atoms in total. The molecule has 0 aromatic carbocycles. The SMILES string of the molecule is CCCS(=O)(=O)N1CCCC1C(=O)N1CCCC1. The zero-order chi connectivity index (χ0) is 13.2. The van der Waals surface area contributed by atoms with Crippen LogP contribution in [0.4, 0.5) is 0 Å². The van der Waals surface area contributed by atoms with Crippen molar-refractivity contribution in [1.29, 1.82) is 0 Å². The van der Waals surface area contributed by atoms with Gasteiger partial charge in [-0.2, -0.15) is 4.31 Å². The minimum Gasteiger partial charge on any atom is -0.341 e. The van der Waals surface area contributed by atoms with Gasteiger partial charge in [-0.1, -0.05) is 6.92 Å². The van der Waals surface area contributed by atoms with Crippen LogP contribution in [0.15, 0.2) is 0 Å². The molecule has 2 heterocycles. The number of carbonyl (C=O) groups excluding carboxylic acids is 1. The third-order valence-corrected chi connectivity index (χ3v) is 5.80. The van der Waals surface area contributed by atoms with Crippen LogP contribution in [0.3, 0.4) is 0 Å². The van der Waals surface area contributed by atoms with Crippen molar-refractivity contribution in [3.8, 4) is 0 Å². The molecule has 0 aromatic heterocycles. The molecule has 18 heavy (non-hydrogen) atoms.